The van der Waals surface area contributed by atoms with E-state index in [2.05, 4.69) is 42.1 Å². The molecule has 1 saturated heterocycles. The summed E-state index contributed by atoms with van der Waals surface area (Å²) in [6.07, 6.45) is 1.40. The lowest BCUT2D eigenvalue weighted by molar-refractivity contribution is 0.0735. The van der Waals surface area contributed by atoms with Gasteiger partial charge in [0.25, 0.3) is 5.91 Å². The molecule has 1 heterocycles. The lowest BCUT2D eigenvalue weighted by Crippen LogP contribution is -2.30. The summed E-state index contributed by atoms with van der Waals surface area (Å²) < 4.78 is 4.60. The predicted molar refractivity (Wildman–Crippen MR) is 101 cm³/mol. The third-order valence-electron chi connectivity index (χ3n) is 4.97. The topological polar surface area (TPSA) is 58.6 Å². The van der Waals surface area contributed by atoms with E-state index in [1.54, 1.807) is 24.3 Å². The van der Waals surface area contributed by atoms with Crippen LogP contribution in [0.4, 0.5) is 10.5 Å². The zero-order valence-corrected chi connectivity index (χ0v) is 15.4. The molecule has 1 aliphatic heterocycles. The number of ether oxygens (including phenoxy) is 1. The summed E-state index contributed by atoms with van der Waals surface area (Å²) in [5.74, 6) is -0.0146. The van der Waals surface area contributed by atoms with Crippen molar-refractivity contribution in [2.45, 2.75) is 32.7 Å². The predicted octanol–water partition coefficient (Wildman–Crippen LogP) is 4.46. The summed E-state index contributed by atoms with van der Waals surface area (Å²) in [5.41, 5.74) is 4.79. The average molecular weight is 352 g/mol. The lowest BCUT2D eigenvalue weighted by Gasteiger charge is -2.26. The van der Waals surface area contributed by atoms with Crippen LogP contribution in [-0.4, -0.2) is 30.6 Å². The van der Waals surface area contributed by atoms with Crippen molar-refractivity contribution in [2.75, 3.05) is 19.0 Å². The number of methoxy groups -OCH3 is 1. The van der Waals surface area contributed by atoms with Crippen LogP contribution in [0.15, 0.2) is 42.5 Å². The van der Waals surface area contributed by atoms with Gasteiger partial charge in [-0.2, -0.15) is 0 Å². The zero-order chi connectivity index (χ0) is 18.7. The number of hydrogen-bond donors (Lipinski definition) is 1. The van der Waals surface area contributed by atoms with Crippen molar-refractivity contribution in [3.63, 3.8) is 0 Å². The van der Waals surface area contributed by atoms with Gasteiger partial charge >= 0.3 is 6.09 Å². The number of nitrogens with one attached hydrogen (secondary N) is 1. The van der Waals surface area contributed by atoms with Crippen molar-refractivity contribution in [1.82, 2.24) is 4.90 Å². The van der Waals surface area contributed by atoms with E-state index in [-0.39, 0.29) is 11.9 Å². The molecule has 0 spiro atoms. The second-order valence-corrected chi connectivity index (χ2v) is 6.70. The molecule has 1 N–H and O–H groups in total. The normalized spacial score (nSPS) is 16.4. The number of amides is 2. The van der Waals surface area contributed by atoms with Gasteiger partial charge in [-0.15, -0.1) is 0 Å². The molecule has 2 aromatic carbocycles. The van der Waals surface area contributed by atoms with E-state index in [1.165, 1.54) is 23.8 Å². The Bertz CT molecular complexity index is 832. The molecule has 0 radical (unpaired) electrons. The minimum atomic E-state index is -0.552. The van der Waals surface area contributed by atoms with Crippen LogP contribution >= 0.6 is 0 Å². The number of hydrogen-bond acceptors (Lipinski definition) is 3. The Morgan fingerprint density at radius 2 is 1.92 bits per heavy atom. The van der Waals surface area contributed by atoms with Crippen LogP contribution < -0.4 is 5.32 Å². The molecule has 1 atom stereocenters. The Hall–Kier alpha value is -2.82. The van der Waals surface area contributed by atoms with Crippen LogP contribution in [0.3, 0.4) is 0 Å². The maximum Gasteiger partial charge on any atom is 0.411 e. The van der Waals surface area contributed by atoms with Gasteiger partial charge in [-0.25, -0.2) is 4.79 Å². The molecule has 3 rings (SSSR count). The van der Waals surface area contributed by atoms with Gasteiger partial charge in [-0.05, 0) is 61.6 Å². The lowest BCUT2D eigenvalue weighted by atomic mass is 9.99. The first-order chi connectivity index (χ1) is 12.5. The van der Waals surface area contributed by atoms with E-state index in [1.807, 2.05) is 4.90 Å². The fourth-order valence-corrected chi connectivity index (χ4v) is 3.39. The Kier molecular flexibility index (Phi) is 5.26. The Morgan fingerprint density at radius 3 is 2.65 bits per heavy atom. The monoisotopic (exact) mass is 352 g/mol. The van der Waals surface area contributed by atoms with Crippen LogP contribution in [0.1, 0.15) is 45.9 Å². The molecule has 0 aliphatic carbocycles. The summed E-state index contributed by atoms with van der Waals surface area (Å²) in [4.78, 5) is 26.4. The van der Waals surface area contributed by atoms with Crippen LogP contribution in [0, 0.1) is 13.8 Å². The molecule has 5 heteroatoms. The average Bonchev–Trinajstić information content (AvgIpc) is 3.13. The van der Waals surface area contributed by atoms with Gasteiger partial charge in [0.05, 0.1) is 13.2 Å². The Morgan fingerprint density at radius 1 is 1.12 bits per heavy atom. The number of benzene rings is 2. The summed E-state index contributed by atoms with van der Waals surface area (Å²) in [6, 6.07) is 13.5. The summed E-state index contributed by atoms with van der Waals surface area (Å²) >= 11 is 0. The van der Waals surface area contributed by atoms with Crippen molar-refractivity contribution in [1.29, 1.82) is 0 Å². The Balaban J connectivity index is 1.83. The first kappa shape index (κ1) is 18.0. The number of carbonyl (C=O) groups is 2. The molecule has 0 aromatic heterocycles. The quantitative estimate of drug-likeness (QED) is 0.887. The standard InChI is InChI=1S/C21H24N2O3/c1-14-9-10-16(12-15(14)2)19-8-5-11-23(19)20(24)17-6-4-7-18(13-17)22-21(25)26-3/h4,6-7,9-10,12-13,19H,5,8,11H2,1-3H3,(H,22,25). The molecular weight excluding hydrogens is 328 g/mol. The van der Waals surface area contributed by atoms with Gasteiger partial charge < -0.3 is 9.64 Å². The van der Waals surface area contributed by atoms with Crippen molar-refractivity contribution in [3.8, 4) is 0 Å². The molecule has 5 nitrogen and oxygen atoms in total. The SMILES string of the molecule is COC(=O)Nc1cccc(C(=O)N2CCCC2c2ccc(C)c(C)c2)c1. The summed E-state index contributed by atoms with van der Waals surface area (Å²) in [7, 11) is 1.31. The van der Waals surface area contributed by atoms with Crippen molar-refractivity contribution >= 4 is 17.7 Å². The van der Waals surface area contributed by atoms with Gasteiger partial charge in [0.1, 0.15) is 0 Å². The molecular formula is C21H24N2O3. The van der Waals surface area contributed by atoms with Gasteiger partial charge in [-0.1, -0.05) is 24.3 Å². The highest BCUT2D eigenvalue weighted by molar-refractivity contribution is 5.96. The minimum Gasteiger partial charge on any atom is -0.453 e. The van der Waals surface area contributed by atoms with E-state index in [9.17, 15) is 9.59 Å². The maximum atomic E-state index is 13.1. The van der Waals surface area contributed by atoms with E-state index < -0.39 is 6.09 Å². The Labute approximate surface area is 154 Å². The van der Waals surface area contributed by atoms with Crippen LogP contribution in [0.5, 0.6) is 0 Å². The van der Waals surface area contributed by atoms with Gasteiger partial charge in [0.2, 0.25) is 0 Å². The van der Waals surface area contributed by atoms with Gasteiger partial charge in [0, 0.05) is 17.8 Å². The first-order valence-corrected chi connectivity index (χ1v) is 8.82. The van der Waals surface area contributed by atoms with Crippen molar-refractivity contribution in [3.05, 3.63) is 64.7 Å². The summed E-state index contributed by atoms with van der Waals surface area (Å²) in [5, 5.41) is 2.60. The van der Waals surface area contributed by atoms with Crippen molar-refractivity contribution in [2.24, 2.45) is 0 Å². The smallest absolute Gasteiger partial charge is 0.411 e. The van der Waals surface area contributed by atoms with E-state index >= 15 is 0 Å². The number of rotatable bonds is 3. The molecule has 136 valence electrons. The highest BCUT2D eigenvalue weighted by Gasteiger charge is 2.30. The molecule has 0 saturated carbocycles. The fraction of sp³-hybridized carbons (Fsp3) is 0.333. The third-order valence-corrected chi connectivity index (χ3v) is 4.97. The molecule has 2 aromatic rings. The van der Waals surface area contributed by atoms with Crippen LogP contribution in [0.2, 0.25) is 0 Å². The van der Waals surface area contributed by atoms with Gasteiger partial charge in [-0.3, -0.25) is 10.1 Å². The van der Waals surface area contributed by atoms with E-state index in [0.29, 0.717) is 11.3 Å². The molecule has 1 aliphatic rings. The highest BCUT2D eigenvalue weighted by atomic mass is 16.5. The molecule has 1 unspecified atom stereocenters. The first-order valence-electron chi connectivity index (χ1n) is 8.82. The number of aryl methyl sites for hydroxylation is 2. The largest absolute Gasteiger partial charge is 0.453 e. The highest BCUT2D eigenvalue weighted by Crippen LogP contribution is 2.34. The van der Waals surface area contributed by atoms with Gasteiger partial charge in [0.15, 0.2) is 0 Å². The van der Waals surface area contributed by atoms with Crippen LogP contribution in [-0.2, 0) is 4.74 Å². The van der Waals surface area contributed by atoms with E-state index in [4.69, 9.17) is 0 Å². The second-order valence-electron chi connectivity index (χ2n) is 6.70. The number of nitrogens with zero attached hydrogens (tertiary/aromatic N) is 1. The number of carbonyl (C=O) groups excluding carboxylic acids is 2. The molecule has 1 fully saturated rings. The minimum absolute atomic E-state index is 0.0146. The molecule has 2 amide bonds. The number of likely N-dealkylation sites (tertiary alicyclic amines) is 1. The molecule has 26 heavy (non-hydrogen) atoms. The number of anilines is 1. The zero-order valence-electron chi connectivity index (χ0n) is 15.4. The maximum absolute atomic E-state index is 13.1. The van der Waals surface area contributed by atoms with E-state index in [0.717, 1.165) is 19.4 Å². The second kappa shape index (κ2) is 7.60. The fourth-order valence-electron chi connectivity index (χ4n) is 3.39. The summed E-state index contributed by atoms with van der Waals surface area (Å²) in [6.45, 7) is 4.93. The third kappa shape index (κ3) is 3.72. The van der Waals surface area contributed by atoms with Crippen molar-refractivity contribution < 1.29 is 14.3 Å². The molecule has 0 bridgehead atoms. The van der Waals surface area contributed by atoms with Crippen LogP contribution in [0.25, 0.3) is 0 Å².